The first-order chi connectivity index (χ1) is 7.56. The second-order valence-corrected chi connectivity index (χ2v) is 4.60. The second-order valence-electron chi connectivity index (χ2n) is 4.60. The Morgan fingerprint density at radius 1 is 1.56 bits per heavy atom. The normalized spacial score (nSPS) is 23.8. The van der Waals surface area contributed by atoms with E-state index in [4.69, 9.17) is 11.5 Å². The Hall–Kier alpha value is -1.65. The summed E-state index contributed by atoms with van der Waals surface area (Å²) in [7, 11) is 0. The maximum Gasteiger partial charge on any atom is 0.252 e. The van der Waals surface area contributed by atoms with Crippen molar-refractivity contribution < 1.29 is 4.79 Å². The zero-order chi connectivity index (χ0) is 11.7. The molecule has 0 saturated heterocycles. The van der Waals surface area contributed by atoms with Gasteiger partial charge in [-0.05, 0) is 31.1 Å². The van der Waals surface area contributed by atoms with Gasteiger partial charge in [-0.2, -0.15) is 0 Å². The summed E-state index contributed by atoms with van der Waals surface area (Å²) in [4.78, 5) is 19.1. The number of hydrogen-bond donors (Lipinski definition) is 2. The molecule has 0 unspecified atom stereocenters. The molecule has 0 spiro atoms. The molecule has 1 heterocycles. The van der Waals surface area contributed by atoms with Crippen LogP contribution in [0.15, 0.2) is 6.20 Å². The molecule has 1 fully saturated rings. The van der Waals surface area contributed by atoms with Crippen molar-refractivity contribution in [3.8, 4) is 0 Å². The van der Waals surface area contributed by atoms with E-state index in [1.54, 1.807) is 0 Å². The summed E-state index contributed by atoms with van der Waals surface area (Å²) in [6, 6.07) is 0. The highest BCUT2D eigenvalue weighted by atomic mass is 16.1. The van der Waals surface area contributed by atoms with Gasteiger partial charge in [0.15, 0.2) is 0 Å². The summed E-state index contributed by atoms with van der Waals surface area (Å²) in [6.45, 7) is 2.22. The summed E-state index contributed by atoms with van der Waals surface area (Å²) < 4.78 is 0. The van der Waals surface area contributed by atoms with Gasteiger partial charge in [-0.1, -0.05) is 6.92 Å². The average Bonchev–Trinajstić information content (AvgIpc) is 2.15. The molecule has 1 aromatic heterocycles. The van der Waals surface area contributed by atoms with E-state index in [1.807, 2.05) is 0 Å². The highest BCUT2D eigenvalue weighted by molar-refractivity contribution is 5.93. The van der Waals surface area contributed by atoms with Crippen LogP contribution in [0.4, 0.5) is 5.95 Å². The van der Waals surface area contributed by atoms with Crippen LogP contribution in [0.1, 0.15) is 35.8 Å². The first-order valence-corrected chi connectivity index (χ1v) is 5.47. The van der Waals surface area contributed by atoms with E-state index >= 15 is 0 Å². The lowest BCUT2D eigenvalue weighted by Gasteiger charge is -2.32. The number of anilines is 1. The molecule has 5 nitrogen and oxygen atoms in total. The lowest BCUT2D eigenvalue weighted by molar-refractivity contribution is 0.0997. The number of primary amides is 1. The topological polar surface area (TPSA) is 94.9 Å². The third kappa shape index (κ3) is 2.13. The van der Waals surface area contributed by atoms with Crippen LogP contribution >= 0.6 is 0 Å². The minimum Gasteiger partial charge on any atom is -0.368 e. The lowest BCUT2D eigenvalue weighted by Crippen LogP contribution is -2.25. The lowest BCUT2D eigenvalue weighted by atomic mass is 9.73. The number of nitrogens with two attached hydrogens (primary N) is 2. The van der Waals surface area contributed by atoms with Crippen molar-refractivity contribution in [2.45, 2.75) is 26.2 Å². The Kier molecular flexibility index (Phi) is 2.77. The largest absolute Gasteiger partial charge is 0.368 e. The van der Waals surface area contributed by atoms with Gasteiger partial charge in [0.05, 0.1) is 11.3 Å². The molecule has 1 aliphatic rings. The minimum atomic E-state index is -0.484. The van der Waals surface area contributed by atoms with Crippen LogP contribution in [0.3, 0.4) is 0 Å². The molecule has 1 aliphatic carbocycles. The summed E-state index contributed by atoms with van der Waals surface area (Å²) in [6.07, 6.45) is 4.56. The quantitative estimate of drug-likeness (QED) is 0.785. The molecule has 86 valence electrons. The maximum atomic E-state index is 11.2. The Labute approximate surface area is 94.3 Å². The molecule has 4 N–H and O–H groups in total. The number of amides is 1. The SMILES string of the molecule is CC1CC(Cc2nc(N)ncc2C(N)=O)C1. The van der Waals surface area contributed by atoms with E-state index in [1.165, 1.54) is 19.0 Å². The van der Waals surface area contributed by atoms with Gasteiger partial charge >= 0.3 is 0 Å². The first kappa shape index (κ1) is 10.9. The van der Waals surface area contributed by atoms with Crippen LogP contribution in [-0.4, -0.2) is 15.9 Å². The standard InChI is InChI=1S/C11H16N4O/c1-6-2-7(3-6)4-9-8(10(12)16)5-14-11(13)15-9/h5-7H,2-4H2,1H3,(H2,12,16)(H2,13,14,15). The van der Waals surface area contributed by atoms with E-state index in [0.29, 0.717) is 17.2 Å². The Balaban J connectivity index is 2.17. The average molecular weight is 220 g/mol. The van der Waals surface area contributed by atoms with Crippen molar-refractivity contribution >= 4 is 11.9 Å². The molecule has 5 heteroatoms. The zero-order valence-corrected chi connectivity index (χ0v) is 9.31. The number of carbonyl (C=O) groups excluding carboxylic acids is 1. The number of carbonyl (C=O) groups is 1. The molecule has 0 bridgehead atoms. The van der Waals surface area contributed by atoms with E-state index in [2.05, 4.69) is 16.9 Å². The maximum absolute atomic E-state index is 11.2. The molecule has 2 rings (SSSR count). The Morgan fingerprint density at radius 3 is 2.81 bits per heavy atom. The molecule has 0 atom stereocenters. The van der Waals surface area contributed by atoms with Gasteiger partial charge in [-0.25, -0.2) is 9.97 Å². The third-order valence-electron chi connectivity index (χ3n) is 3.11. The van der Waals surface area contributed by atoms with Crippen molar-refractivity contribution in [3.05, 3.63) is 17.5 Å². The van der Waals surface area contributed by atoms with Crippen LogP contribution in [0.25, 0.3) is 0 Å². The Bertz CT molecular complexity index is 412. The molecule has 0 aliphatic heterocycles. The number of rotatable bonds is 3. The van der Waals surface area contributed by atoms with Gasteiger partial charge < -0.3 is 11.5 Å². The van der Waals surface area contributed by atoms with Gasteiger partial charge in [0.2, 0.25) is 5.95 Å². The number of aromatic nitrogens is 2. The molecular weight excluding hydrogens is 204 g/mol. The smallest absolute Gasteiger partial charge is 0.252 e. The highest BCUT2D eigenvalue weighted by Crippen LogP contribution is 2.35. The molecule has 0 aromatic carbocycles. The summed E-state index contributed by atoms with van der Waals surface area (Å²) >= 11 is 0. The highest BCUT2D eigenvalue weighted by Gasteiger charge is 2.27. The van der Waals surface area contributed by atoms with E-state index in [0.717, 1.165) is 12.3 Å². The molecule has 1 saturated carbocycles. The minimum absolute atomic E-state index is 0.201. The molecule has 16 heavy (non-hydrogen) atoms. The van der Waals surface area contributed by atoms with Gasteiger partial charge in [0.1, 0.15) is 0 Å². The Morgan fingerprint density at radius 2 is 2.25 bits per heavy atom. The van der Waals surface area contributed by atoms with Crippen LogP contribution in [0, 0.1) is 11.8 Å². The van der Waals surface area contributed by atoms with E-state index in [9.17, 15) is 4.79 Å². The fourth-order valence-corrected chi connectivity index (χ4v) is 2.30. The van der Waals surface area contributed by atoms with Gasteiger partial charge in [-0.15, -0.1) is 0 Å². The number of nitrogen functional groups attached to an aromatic ring is 1. The second kappa shape index (κ2) is 4.08. The van der Waals surface area contributed by atoms with E-state index in [-0.39, 0.29) is 5.95 Å². The van der Waals surface area contributed by atoms with Crippen molar-refractivity contribution in [2.24, 2.45) is 17.6 Å². The van der Waals surface area contributed by atoms with Crippen molar-refractivity contribution in [3.63, 3.8) is 0 Å². The zero-order valence-electron chi connectivity index (χ0n) is 9.31. The van der Waals surface area contributed by atoms with Crippen molar-refractivity contribution in [2.75, 3.05) is 5.73 Å². The molecule has 0 radical (unpaired) electrons. The summed E-state index contributed by atoms with van der Waals surface area (Å²) in [5.74, 6) is 1.10. The molecule has 1 aromatic rings. The van der Waals surface area contributed by atoms with Crippen LogP contribution in [0.2, 0.25) is 0 Å². The first-order valence-electron chi connectivity index (χ1n) is 5.47. The molecular formula is C11H16N4O. The van der Waals surface area contributed by atoms with Crippen molar-refractivity contribution in [1.29, 1.82) is 0 Å². The predicted octanol–water partition coefficient (Wildman–Crippen LogP) is 0.746. The summed E-state index contributed by atoms with van der Waals surface area (Å²) in [5.41, 5.74) is 11.9. The third-order valence-corrected chi connectivity index (χ3v) is 3.11. The van der Waals surface area contributed by atoms with Gasteiger partial charge in [0, 0.05) is 6.20 Å². The van der Waals surface area contributed by atoms with Crippen LogP contribution in [-0.2, 0) is 6.42 Å². The van der Waals surface area contributed by atoms with E-state index < -0.39 is 5.91 Å². The fourth-order valence-electron chi connectivity index (χ4n) is 2.30. The fraction of sp³-hybridized carbons (Fsp3) is 0.545. The number of nitrogens with zero attached hydrogens (tertiary/aromatic N) is 2. The van der Waals surface area contributed by atoms with Gasteiger partial charge in [-0.3, -0.25) is 4.79 Å². The summed E-state index contributed by atoms with van der Waals surface area (Å²) in [5, 5.41) is 0. The predicted molar refractivity (Wildman–Crippen MR) is 60.6 cm³/mol. The van der Waals surface area contributed by atoms with Crippen LogP contribution < -0.4 is 11.5 Å². The number of hydrogen-bond acceptors (Lipinski definition) is 4. The monoisotopic (exact) mass is 220 g/mol. The van der Waals surface area contributed by atoms with Crippen molar-refractivity contribution in [1.82, 2.24) is 9.97 Å². The molecule has 1 amide bonds. The van der Waals surface area contributed by atoms with Gasteiger partial charge in [0.25, 0.3) is 5.91 Å². The van der Waals surface area contributed by atoms with Crippen LogP contribution in [0.5, 0.6) is 0 Å².